The van der Waals surface area contributed by atoms with Crippen LogP contribution in [0.5, 0.6) is 0 Å². The zero-order valence-electron chi connectivity index (χ0n) is 18.2. The van der Waals surface area contributed by atoms with Crippen LogP contribution in [0.4, 0.5) is 18.9 Å². The Labute approximate surface area is 189 Å². The number of anilines is 1. The number of rotatable bonds is 5. The molecule has 0 aliphatic rings. The van der Waals surface area contributed by atoms with Crippen molar-refractivity contribution in [3.05, 3.63) is 88.7 Å². The molecule has 3 aromatic carbocycles. The van der Waals surface area contributed by atoms with E-state index in [-0.39, 0.29) is 5.69 Å². The Hall–Kier alpha value is -3.33. The van der Waals surface area contributed by atoms with Gasteiger partial charge in [-0.1, -0.05) is 30.3 Å². The Morgan fingerprint density at radius 2 is 1.70 bits per heavy atom. The van der Waals surface area contributed by atoms with E-state index < -0.39 is 26.7 Å². The summed E-state index contributed by atoms with van der Waals surface area (Å²) >= 11 is 0. The molecule has 1 aromatic heterocycles. The van der Waals surface area contributed by atoms with E-state index in [9.17, 15) is 21.6 Å². The van der Waals surface area contributed by atoms with Crippen molar-refractivity contribution in [3.63, 3.8) is 0 Å². The SMILES string of the molecule is Cc1ccccc1Cn1cnc2c(NS(=O)(=O)c3cccc(C(F)(F)F)c3)c(C)c(C)cc21. The number of imidazole rings is 1. The fourth-order valence-electron chi connectivity index (χ4n) is 3.68. The molecule has 9 heteroatoms. The normalized spacial score (nSPS) is 12.3. The van der Waals surface area contributed by atoms with E-state index in [1.807, 2.05) is 48.7 Å². The van der Waals surface area contributed by atoms with Crippen LogP contribution in [0.2, 0.25) is 0 Å². The van der Waals surface area contributed by atoms with Crippen LogP contribution in [0.25, 0.3) is 11.0 Å². The molecule has 4 rings (SSSR count). The van der Waals surface area contributed by atoms with Crippen LogP contribution in [-0.2, 0) is 22.7 Å². The van der Waals surface area contributed by atoms with Gasteiger partial charge < -0.3 is 4.57 Å². The number of nitrogens with one attached hydrogen (secondary N) is 1. The van der Waals surface area contributed by atoms with Crippen LogP contribution in [0.3, 0.4) is 0 Å². The lowest BCUT2D eigenvalue weighted by Gasteiger charge is -2.15. The highest BCUT2D eigenvalue weighted by atomic mass is 32.2. The lowest BCUT2D eigenvalue weighted by molar-refractivity contribution is -0.137. The number of fused-ring (bicyclic) bond motifs is 1. The van der Waals surface area contributed by atoms with Crippen LogP contribution in [0.15, 0.2) is 65.8 Å². The molecule has 0 saturated heterocycles. The van der Waals surface area contributed by atoms with Crippen molar-refractivity contribution < 1.29 is 21.6 Å². The molecule has 1 N–H and O–H groups in total. The van der Waals surface area contributed by atoms with Gasteiger partial charge in [0.05, 0.1) is 28.0 Å². The zero-order chi connectivity index (χ0) is 24.0. The summed E-state index contributed by atoms with van der Waals surface area (Å²) in [5.41, 5.74) is 4.08. The molecule has 0 aliphatic carbocycles. The largest absolute Gasteiger partial charge is 0.416 e. The quantitative estimate of drug-likeness (QED) is 0.397. The van der Waals surface area contributed by atoms with Gasteiger partial charge in [-0.25, -0.2) is 13.4 Å². The first-order chi connectivity index (χ1) is 15.5. The molecule has 0 fully saturated rings. The first kappa shape index (κ1) is 22.8. The fourth-order valence-corrected chi connectivity index (χ4v) is 4.85. The highest BCUT2D eigenvalue weighted by molar-refractivity contribution is 7.92. The molecule has 0 unspecified atom stereocenters. The molecule has 0 atom stereocenters. The second-order valence-electron chi connectivity index (χ2n) is 7.99. The minimum atomic E-state index is -4.65. The van der Waals surface area contributed by atoms with Gasteiger partial charge >= 0.3 is 6.18 Å². The highest BCUT2D eigenvalue weighted by Gasteiger charge is 2.32. The summed E-state index contributed by atoms with van der Waals surface area (Å²) in [6, 6.07) is 13.5. The van der Waals surface area contributed by atoms with Crippen LogP contribution >= 0.6 is 0 Å². The molecule has 0 saturated carbocycles. The number of aryl methyl sites for hydroxylation is 2. The van der Waals surface area contributed by atoms with Gasteiger partial charge in [0.2, 0.25) is 0 Å². The third-order valence-electron chi connectivity index (χ3n) is 5.74. The molecule has 4 aromatic rings. The van der Waals surface area contributed by atoms with Gasteiger partial charge in [-0.05, 0) is 67.3 Å². The molecule has 0 amide bonds. The summed E-state index contributed by atoms with van der Waals surface area (Å²) in [6.45, 7) is 6.16. The minimum absolute atomic E-state index is 0.256. The predicted octanol–water partition coefficient (Wildman–Crippen LogP) is 5.83. The van der Waals surface area contributed by atoms with Gasteiger partial charge in [-0.2, -0.15) is 13.2 Å². The van der Waals surface area contributed by atoms with Crippen molar-refractivity contribution in [2.24, 2.45) is 0 Å². The molecule has 5 nitrogen and oxygen atoms in total. The van der Waals surface area contributed by atoms with E-state index in [4.69, 9.17) is 0 Å². The van der Waals surface area contributed by atoms with Crippen molar-refractivity contribution in [1.82, 2.24) is 9.55 Å². The Morgan fingerprint density at radius 3 is 2.39 bits per heavy atom. The highest BCUT2D eigenvalue weighted by Crippen LogP contribution is 2.33. The lowest BCUT2D eigenvalue weighted by Crippen LogP contribution is -2.16. The van der Waals surface area contributed by atoms with E-state index in [1.165, 1.54) is 0 Å². The maximum Gasteiger partial charge on any atom is 0.416 e. The number of halogens is 3. The molecule has 1 heterocycles. The number of sulfonamides is 1. The Kier molecular flexibility index (Phi) is 5.69. The average Bonchev–Trinajstić information content (AvgIpc) is 3.14. The van der Waals surface area contributed by atoms with Crippen LogP contribution in [0, 0.1) is 20.8 Å². The van der Waals surface area contributed by atoms with Gasteiger partial charge in [0.15, 0.2) is 0 Å². The predicted molar refractivity (Wildman–Crippen MR) is 122 cm³/mol. The third kappa shape index (κ3) is 4.45. The van der Waals surface area contributed by atoms with Gasteiger partial charge in [0, 0.05) is 6.54 Å². The standard InChI is InChI=1S/C24H22F3N3O2S/c1-15-7-4-5-8-18(15)13-30-14-28-23-21(30)11-16(2)17(3)22(23)29-33(31,32)20-10-6-9-19(12-20)24(25,26)27/h4-12,14,29H,13H2,1-3H3. The lowest BCUT2D eigenvalue weighted by atomic mass is 10.1. The number of hydrogen-bond acceptors (Lipinski definition) is 3. The van der Waals surface area contributed by atoms with Crippen LogP contribution in [0.1, 0.15) is 27.8 Å². The summed E-state index contributed by atoms with van der Waals surface area (Å²) < 4.78 is 69.7. The van der Waals surface area contributed by atoms with E-state index in [0.717, 1.165) is 40.4 Å². The molecule has 0 bridgehead atoms. The summed E-state index contributed by atoms with van der Waals surface area (Å²) in [6.07, 6.45) is -3.01. The average molecular weight is 474 g/mol. The maximum atomic E-state index is 13.1. The third-order valence-corrected chi connectivity index (χ3v) is 7.09. The van der Waals surface area contributed by atoms with Crippen LogP contribution < -0.4 is 4.72 Å². The number of alkyl halides is 3. The van der Waals surface area contributed by atoms with Crippen molar-refractivity contribution in [2.75, 3.05) is 4.72 Å². The molecule has 172 valence electrons. The Balaban J connectivity index is 1.78. The topological polar surface area (TPSA) is 64.0 Å². The first-order valence-electron chi connectivity index (χ1n) is 10.2. The van der Waals surface area contributed by atoms with E-state index >= 15 is 0 Å². The first-order valence-corrected chi connectivity index (χ1v) is 11.7. The molecule has 33 heavy (non-hydrogen) atoms. The minimum Gasteiger partial charge on any atom is -0.326 e. The summed E-state index contributed by atoms with van der Waals surface area (Å²) in [5, 5.41) is 0. The smallest absolute Gasteiger partial charge is 0.326 e. The van der Waals surface area contributed by atoms with E-state index in [2.05, 4.69) is 9.71 Å². The molecule has 0 aliphatic heterocycles. The van der Waals surface area contributed by atoms with Gasteiger partial charge in [0.1, 0.15) is 5.52 Å². The summed E-state index contributed by atoms with van der Waals surface area (Å²) in [5.74, 6) is 0. The molecule has 0 spiro atoms. The molecular formula is C24H22F3N3O2S. The van der Waals surface area contributed by atoms with Gasteiger partial charge in [-0.15, -0.1) is 0 Å². The second-order valence-corrected chi connectivity index (χ2v) is 9.67. The van der Waals surface area contributed by atoms with Crippen molar-refractivity contribution in [3.8, 4) is 0 Å². The van der Waals surface area contributed by atoms with Crippen LogP contribution in [-0.4, -0.2) is 18.0 Å². The maximum absolute atomic E-state index is 13.1. The zero-order valence-corrected chi connectivity index (χ0v) is 19.1. The van der Waals surface area contributed by atoms with Gasteiger partial charge in [0.25, 0.3) is 10.0 Å². The molecule has 0 radical (unpaired) electrons. The summed E-state index contributed by atoms with van der Waals surface area (Å²) in [4.78, 5) is 3.97. The van der Waals surface area contributed by atoms with E-state index in [0.29, 0.717) is 23.7 Å². The number of nitrogens with zero attached hydrogens (tertiary/aromatic N) is 2. The Morgan fingerprint density at radius 1 is 0.970 bits per heavy atom. The monoisotopic (exact) mass is 473 g/mol. The van der Waals surface area contributed by atoms with Gasteiger partial charge in [-0.3, -0.25) is 4.72 Å². The fraction of sp³-hybridized carbons (Fsp3) is 0.208. The van der Waals surface area contributed by atoms with E-state index in [1.54, 1.807) is 13.3 Å². The number of hydrogen-bond donors (Lipinski definition) is 1. The Bertz CT molecular complexity index is 1460. The number of aromatic nitrogens is 2. The second kappa shape index (κ2) is 8.22. The van der Waals surface area contributed by atoms with Crippen molar-refractivity contribution in [2.45, 2.75) is 38.4 Å². The number of benzene rings is 3. The van der Waals surface area contributed by atoms with Crippen molar-refractivity contribution in [1.29, 1.82) is 0 Å². The molecular weight excluding hydrogens is 451 g/mol. The summed E-state index contributed by atoms with van der Waals surface area (Å²) in [7, 11) is -4.28. The van der Waals surface area contributed by atoms with Crippen molar-refractivity contribution >= 4 is 26.7 Å².